The molecule has 2 aromatic heterocycles. The van der Waals surface area contributed by atoms with E-state index >= 15 is 0 Å². The molecule has 4 N–H and O–H groups in total. The number of nitro groups is 1. The van der Waals surface area contributed by atoms with Gasteiger partial charge in [0.15, 0.2) is 5.65 Å². The summed E-state index contributed by atoms with van der Waals surface area (Å²) in [5, 5.41) is 30.1. The second-order valence-corrected chi connectivity index (χ2v) is 4.75. The van der Waals surface area contributed by atoms with Crippen LogP contribution >= 0.6 is 0 Å². The summed E-state index contributed by atoms with van der Waals surface area (Å²) in [4.78, 5) is 18.3. The highest BCUT2D eigenvalue weighted by Crippen LogP contribution is 2.36. The molecule has 10 heteroatoms. The Morgan fingerprint density at radius 2 is 2.33 bits per heavy atom. The number of rotatable bonds is 3. The summed E-state index contributed by atoms with van der Waals surface area (Å²) < 4.78 is 6.92. The molecule has 3 atom stereocenters. The van der Waals surface area contributed by atoms with Crippen molar-refractivity contribution < 1.29 is 19.9 Å². The Morgan fingerprint density at radius 1 is 1.57 bits per heavy atom. The lowest BCUT2D eigenvalue weighted by Gasteiger charge is -2.13. The van der Waals surface area contributed by atoms with Gasteiger partial charge in [0.25, 0.3) is 5.69 Å². The predicted octanol–water partition coefficient (Wildman–Crippen LogP) is -0.438. The van der Waals surface area contributed by atoms with Crippen LogP contribution in [0, 0.1) is 10.1 Å². The summed E-state index contributed by atoms with van der Waals surface area (Å²) in [7, 11) is 0. The number of nitrogen functional groups attached to an aromatic ring is 1. The van der Waals surface area contributed by atoms with E-state index in [-0.39, 0.29) is 35.6 Å². The van der Waals surface area contributed by atoms with E-state index in [4.69, 9.17) is 15.6 Å². The molecule has 1 saturated heterocycles. The quantitative estimate of drug-likeness (QED) is 0.509. The van der Waals surface area contributed by atoms with E-state index in [1.165, 1.54) is 17.1 Å². The SMILES string of the molecule is Nc1ncnc2c1c([N+](=O)[O-])cn2[C@H]1C[C@@H](O)[C@@H](CO)O1. The number of nitrogens with two attached hydrogens (primary N) is 1. The highest BCUT2D eigenvalue weighted by molar-refractivity contribution is 5.95. The van der Waals surface area contributed by atoms with Gasteiger partial charge in [0.1, 0.15) is 29.9 Å². The van der Waals surface area contributed by atoms with Gasteiger partial charge in [-0.05, 0) is 0 Å². The van der Waals surface area contributed by atoms with E-state index < -0.39 is 23.4 Å². The topological polar surface area (TPSA) is 150 Å². The minimum absolute atomic E-state index is 0.00250. The number of ether oxygens (including phenoxy) is 1. The minimum atomic E-state index is -0.851. The Bertz CT molecular complexity index is 702. The molecule has 0 bridgehead atoms. The van der Waals surface area contributed by atoms with Crippen molar-refractivity contribution in [1.82, 2.24) is 14.5 Å². The molecule has 0 unspecified atom stereocenters. The number of aromatic nitrogens is 3. The fourth-order valence-electron chi connectivity index (χ4n) is 2.50. The van der Waals surface area contributed by atoms with Crippen LogP contribution in [0.5, 0.6) is 0 Å². The Morgan fingerprint density at radius 3 is 2.95 bits per heavy atom. The van der Waals surface area contributed by atoms with Crippen LogP contribution in [0.2, 0.25) is 0 Å². The third kappa shape index (κ3) is 2.09. The average molecular weight is 295 g/mol. The molecule has 1 fully saturated rings. The molecule has 112 valence electrons. The summed E-state index contributed by atoms with van der Waals surface area (Å²) >= 11 is 0. The lowest BCUT2D eigenvalue weighted by atomic mass is 10.2. The molecule has 0 radical (unpaired) electrons. The molecule has 3 heterocycles. The Hall–Kier alpha value is -2.30. The van der Waals surface area contributed by atoms with Gasteiger partial charge in [-0.1, -0.05) is 0 Å². The largest absolute Gasteiger partial charge is 0.394 e. The minimum Gasteiger partial charge on any atom is -0.394 e. The van der Waals surface area contributed by atoms with Gasteiger partial charge in [-0.25, -0.2) is 9.97 Å². The molecule has 0 spiro atoms. The van der Waals surface area contributed by atoms with E-state index in [9.17, 15) is 15.2 Å². The van der Waals surface area contributed by atoms with Crippen LogP contribution in [-0.2, 0) is 4.74 Å². The van der Waals surface area contributed by atoms with Crippen molar-refractivity contribution in [3.05, 3.63) is 22.6 Å². The Balaban J connectivity index is 2.12. The van der Waals surface area contributed by atoms with Crippen molar-refractivity contribution in [2.75, 3.05) is 12.3 Å². The van der Waals surface area contributed by atoms with Gasteiger partial charge in [0.05, 0.1) is 23.8 Å². The summed E-state index contributed by atoms with van der Waals surface area (Å²) in [6.07, 6.45) is 0.402. The Labute approximate surface area is 117 Å². The maximum absolute atomic E-state index is 11.1. The number of anilines is 1. The van der Waals surface area contributed by atoms with E-state index in [0.29, 0.717) is 0 Å². The zero-order valence-electron chi connectivity index (χ0n) is 10.8. The fourth-order valence-corrected chi connectivity index (χ4v) is 2.50. The van der Waals surface area contributed by atoms with E-state index in [1.54, 1.807) is 0 Å². The van der Waals surface area contributed by atoms with Gasteiger partial charge in [-0.3, -0.25) is 14.7 Å². The first-order chi connectivity index (χ1) is 10.0. The monoisotopic (exact) mass is 295 g/mol. The first-order valence-corrected chi connectivity index (χ1v) is 6.22. The standard InChI is InChI=1S/C11H13N5O5/c12-10-9-5(16(19)20)2-15(11(9)14-4-13-10)8-1-6(18)7(3-17)21-8/h2,4,6-8,17-18H,1,3H2,(H2,12,13,14)/t6-,7-,8-/m1/s1. The van der Waals surface area contributed by atoms with Crippen LogP contribution in [0.15, 0.2) is 12.5 Å². The van der Waals surface area contributed by atoms with Crippen molar-refractivity contribution in [2.24, 2.45) is 0 Å². The first kappa shape index (κ1) is 13.7. The maximum Gasteiger partial charge on any atom is 0.300 e. The molecular formula is C11H13N5O5. The van der Waals surface area contributed by atoms with Crippen molar-refractivity contribution >= 4 is 22.5 Å². The van der Waals surface area contributed by atoms with E-state index in [2.05, 4.69) is 9.97 Å². The first-order valence-electron chi connectivity index (χ1n) is 6.22. The predicted molar refractivity (Wildman–Crippen MR) is 70.2 cm³/mol. The number of aliphatic hydroxyl groups excluding tert-OH is 2. The van der Waals surface area contributed by atoms with Crippen LogP contribution in [-0.4, -0.2) is 48.5 Å². The van der Waals surface area contributed by atoms with Gasteiger partial charge < -0.3 is 20.7 Å². The number of fused-ring (bicyclic) bond motifs is 1. The molecule has 1 aliphatic rings. The highest BCUT2D eigenvalue weighted by Gasteiger charge is 2.36. The molecule has 0 amide bonds. The Kier molecular flexibility index (Phi) is 3.20. The number of nitrogens with zero attached hydrogens (tertiary/aromatic N) is 4. The molecule has 0 aromatic carbocycles. The fraction of sp³-hybridized carbons (Fsp3) is 0.455. The van der Waals surface area contributed by atoms with Gasteiger partial charge in [-0.15, -0.1) is 0 Å². The molecule has 0 aliphatic carbocycles. The van der Waals surface area contributed by atoms with E-state index in [1.807, 2.05) is 0 Å². The van der Waals surface area contributed by atoms with Gasteiger partial charge >= 0.3 is 0 Å². The zero-order valence-corrected chi connectivity index (χ0v) is 10.8. The molecule has 0 saturated carbocycles. The van der Waals surface area contributed by atoms with Crippen molar-refractivity contribution in [2.45, 2.75) is 24.9 Å². The van der Waals surface area contributed by atoms with Gasteiger partial charge in [0, 0.05) is 6.42 Å². The van der Waals surface area contributed by atoms with Crippen LogP contribution < -0.4 is 5.73 Å². The van der Waals surface area contributed by atoms with Crippen LogP contribution in [0.25, 0.3) is 11.0 Å². The van der Waals surface area contributed by atoms with Gasteiger partial charge in [0.2, 0.25) is 0 Å². The molecule has 3 rings (SSSR count). The third-order valence-corrected chi connectivity index (χ3v) is 3.51. The van der Waals surface area contributed by atoms with Crippen LogP contribution in [0.1, 0.15) is 12.6 Å². The third-order valence-electron chi connectivity index (χ3n) is 3.51. The number of hydrogen-bond donors (Lipinski definition) is 3. The molecule has 2 aromatic rings. The number of hydrogen-bond acceptors (Lipinski definition) is 8. The summed E-state index contributed by atoms with van der Waals surface area (Å²) in [6, 6.07) is 0. The molecule has 21 heavy (non-hydrogen) atoms. The highest BCUT2D eigenvalue weighted by atomic mass is 16.6. The normalized spacial score (nSPS) is 25.5. The zero-order chi connectivity index (χ0) is 15.1. The van der Waals surface area contributed by atoms with Crippen LogP contribution in [0.3, 0.4) is 0 Å². The summed E-state index contributed by atoms with van der Waals surface area (Å²) in [6.45, 7) is -0.337. The van der Waals surface area contributed by atoms with Crippen LogP contribution in [0.4, 0.5) is 11.5 Å². The van der Waals surface area contributed by atoms with Gasteiger partial charge in [-0.2, -0.15) is 0 Å². The molecule has 10 nitrogen and oxygen atoms in total. The molecular weight excluding hydrogens is 282 g/mol. The smallest absolute Gasteiger partial charge is 0.300 e. The van der Waals surface area contributed by atoms with Crippen molar-refractivity contribution in [1.29, 1.82) is 0 Å². The second kappa shape index (κ2) is 4.91. The summed E-state index contributed by atoms with van der Waals surface area (Å²) in [5.41, 5.74) is 5.72. The average Bonchev–Trinajstić information content (AvgIpc) is 3.00. The molecule has 1 aliphatic heterocycles. The number of aliphatic hydroxyl groups is 2. The van der Waals surface area contributed by atoms with Crippen molar-refractivity contribution in [3.8, 4) is 0 Å². The van der Waals surface area contributed by atoms with E-state index in [0.717, 1.165) is 0 Å². The summed E-state index contributed by atoms with van der Waals surface area (Å²) in [5.74, 6) is 0.00250. The lowest BCUT2D eigenvalue weighted by Crippen LogP contribution is -2.24. The maximum atomic E-state index is 11.1. The van der Waals surface area contributed by atoms with Crippen molar-refractivity contribution in [3.63, 3.8) is 0 Å². The second-order valence-electron chi connectivity index (χ2n) is 4.75. The lowest BCUT2D eigenvalue weighted by molar-refractivity contribution is -0.383.